The van der Waals surface area contributed by atoms with Crippen molar-refractivity contribution >= 4 is 34.1 Å². The Morgan fingerprint density at radius 3 is 2.86 bits per heavy atom. The van der Waals surface area contributed by atoms with Gasteiger partial charge in [-0.2, -0.15) is 10.1 Å². The second-order valence-electron chi connectivity index (χ2n) is 7.65. The van der Waals surface area contributed by atoms with E-state index in [1.807, 2.05) is 6.07 Å². The van der Waals surface area contributed by atoms with Crippen molar-refractivity contribution in [1.29, 1.82) is 0 Å². The number of hydrogen-bond acceptors (Lipinski definition) is 6. The molecule has 1 aliphatic carbocycles. The average Bonchev–Trinajstić information content (AvgIpc) is 3.46. The normalized spacial score (nSPS) is 18.0. The summed E-state index contributed by atoms with van der Waals surface area (Å²) in [6.45, 7) is 4.14. The molecule has 1 atom stereocenters. The third-order valence-electron chi connectivity index (χ3n) is 5.58. The molecule has 1 aliphatic heterocycles. The first-order chi connectivity index (χ1) is 13.8. The summed E-state index contributed by atoms with van der Waals surface area (Å²) >= 11 is 0. The molecule has 0 spiro atoms. The van der Waals surface area contributed by atoms with Crippen LogP contribution < -0.4 is 16.0 Å². The number of fused-ring (bicyclic) bond motifs is 1. The molecule has 28 heavy (non-hydrogen) atoms. The van der Waals surface area contributed by atoms with Crippen molar-refractivity contribution in [2.24, 2.45) is 5.92 Å². The van der Waals surface area contributed by atoms with Crippen LogP contribution in [0.25, 0.3) is 16.5 Å². The maximum absolute atomic E-state index is 4.88. The molecular weight excluding hydrogens is 350 g/mol. The molecule has 1 aromatic carbocycles. The van der Waals surface area contributed by atoms with Crippen molar-refractivity contribution in [2.75, 3.05) is 23.7 Å². The quantitative estimate of drug-likeness (QED) is 0.525. The molecule has 3 aromatic rings. The summed E-state index contributed by atoms with van der Waals surface area (Å²) < 4.78 is 0. The smallest absolute Gasteiger partial charge is 0.230 e. The van der Waals surface area contributed by atoms with E-state index in [2.05, 4.69) is 57.3 Å². The van der Waals surface area contributed by atoms with Gasteiger partial charge in [0.2, 0.25) is 5.95 Å². The van der Waals surface area contributed by atoms with E-state index in [1.54, 1.807) is 6.20 Å². The Morgan fingerprint density at radius 2 is 2.11 bits per heavy atom. The lowest BCUT2D eigenvalue weighted by atomic mass is 9.97. The largest absolute Gasteiger partial charge is 0.367 e. The van der Waals surface area contributed by atoms with Gasteiger partial charge in [0.05, 0.1) is 11.7 Å². The second-order valence-corrected chi connectivity index (χ2v) is 7.65. The van der Waals surface area contributed by atoms with Crippen molar-refractivity contribution in [3.8, 4) is 0 Å². The van der Waals surface area contributed by atoms with Crippen LogP contribution in [0.1, 0.15) is 31.7 Å². The zero-order valence-electron chi connectivity index (χ0n) is 16.0. The molecule has 0 amide bonds. The Labute approximate surface area is 164 Å². The third-order valence-corrected chi connectivity index (χ3v) is 5.58. The highest BCUT2D eigenvalue weighted by Crippen LogP contribution is 2.36. The zero-order chi connectivity index (χ0) is 18.9. The molecule has 7 nitrogen and oxygen atoms in total. The van der Waals surface area contributed by atoms with Gasteiger partial charge >= 0.3 is 0 Å². The van der Waals surface area contributed by atoms with Crippen LogP contribution >= 0.6 is 0 Å². The van der Waals surface area contributed by atoms with Crippen molar-refractivity contribution in [3.63, 3.8) is 0 Å². The summed E-state index contributed by atoms with van der Waals surface area (Å²) in [7, 11) is 0. The number of para-hydroxylation sites is 1. The number of rotatable bonds is 6. The van der Waals surface area contributed by atoms with Crippen LogP contribution in [-0.2, 0) is 0 Å². The summed E-state index contributed by atoms with van der Waals surface area (Å²) in [4.78, 5) is 9.68. The van der Waals surface area contributed by atoms with Gasteiger partial charge in [0, 0.05) is 29.6 Å². The van der Waals surface area contributed by atoms with Gasteiger partial charge < -0.3 is 16.0 Å². The number of anilines is 3. The highest BCUT2D eigenvalue weighted by Gasteiger charge is 2.28. The van der Waals surface area contributed by atoms with E-state index in [9.17, 15) is 0 Å². The fraction of sp³-hybridized carbons (Fsp3) is 0.381. The lowest BCUT2D eigenvalue weighted by Crippen LogP contribution is -2.20. The minimum atomic E-state index is 0.403. The van der Waals surface area contributed by atoms with Gasteiger partial charge in [-0.25, -0.2) is 4.98 Å². The average molecular weight is 375 g/mol. The van der Waals surface area contributed by atoms with E-state index >= 15 is 0 Å². The van der Waals surface area contributed by atoms with Gasteiger partial charge in [-0.3, -0.25) is 5.10 Å². The first-order valence-corrected chi connectivity index (χ1v) is 10.0. The number of hydrogen-bond donors (Lipinski definition) is 4. The summed E-state index contributed by atoms with van der Waals surface area (Å²) in [5.74, 6) is 2.98. The highest BCUT2D eigenvalue weighted by atomic mass is 15.2. The molecule has 7 heteroatoms. The van der Waals surface area contributed by atoms with Crippen LogP contribution in [0.5, 0.6) is 0 Å². The standard InChI is InChI=1S/C21H25N7/c1-13(14-5-6-14)24-20-17-4-2-3-16(15-7-10-22-11-8-15)19(17)26-21(27-20)25-18-9-12-23-28-18/h2-4,7,9,12-14,22H,5-6,8,10-11H2,1H3,(H3,23,24,25,26,27,28). The first-order valence-electron chi connectivity index (χ1n) is 10.0. The Kier molecular flexibility index (Phi) is 4.44. The third kappa shape index (κ3) is 3.45. The van der Waals surface area contributed by atoms with Gasteiger partial charge in [-0.05, 0) is 50.3 Å². The monoisotopic (exact) mass is 375 g/mol. The molecule has 144 valence electrons. The highest BCUT2D eigenvalue weighted by molar-refractivity contribution is 5.98. The van der Waals surface area contributed by atoms with E-state index in [-0.39, 0.29) is 0 Å². The number of nitrogens with zero attached hydrogens (tertiary/aromatic N) is 3. The Bertz CT molecular complexity index is 1010. The van der Waals surface area contributed by atoms with E-state index < -0.39 is 0 Å². The van der Waals surface area contributed by atoms with Crippen LogP contribution in [0, 0.1) is 5.92 Å². The van der Waals surface area contributed by atoms with Gasteiger partial charge in [-0.1, -0.05) is 18.2 Å². The van der Waals surface area contributed by atoms with Gasteiger partial charge in [-0.15, -0.1) is 0 Å². The molecule has 0 bridgehead atoms. The van der Waals surface area contributed by atoms with Crippen LogP contribution in [0.15, 0.2) is 36.5 Å². The predicted molar refractivity (Wildman–Crippen MR) is 113 cm³/mol. The van der Waals surface area contributed by atoms with Crippen LogP contribution in [0.2, 0.25) is 0 Å². The minimum Gasteiger partial charge on any atom is -0.367 e. The number of aromatic nitrogens is 4. The van der Waals surface area contributed by atoms with E-state index in [1.165, 1.54) is 24.0 Å². The molecule has 4 N–H and O–H groups in total. The van der Waals surface area contributed by atoms with Gasteiger partial charge in [0.1, 0.15) is 11.6 Å². The van der Waals surface area contributed by atoms with E-state index in [4.69, 9.17) is 9.97 Å². The number of benzene rings is 1. The summed E-state index contributed by atoms with van der Waals surface area (Å²) in [6, 6.07) is 8.66. The molecule has 1 fully saturated rings. The lowest BCUT2D eigenvalue weighted by molar-refractivity contribution is 0.691. The summed E-state index contributed by atoms with van der Waals surface area (Å²) in [5.41, 5.74) is 3.52. The predicted octanol–water partition coefficient (Wildman–Crippen LogP) is 3.68. The Balaban J connectivity index is 1.61. The van der Waals surface area contributed by atoms with Gasteiger partial charge in [0.25, 0.3) is 0 Å². The molecule has 2 aromatic heterocycles. The molecule has 5 rings (SSSR count). The van der Waals surface area contributed by atoms with Crippen LogP contribution in [0.4, 0.5) is 17.6 Å². The Hall–Kier alpha value is -2.93. The summed E-state index contributed by atoms with van der Waals surface area (Å²) in [6.07, 6.45) is 7.57. The fourth-order valence-electron chi connectivity index (χ4n) is 3.82. The molecular formula is C21H25N7. The summed E-state index contributed by atoms with van der Waals surface area (Å²) in [5, 5.41) is 18.3. The van der Waals surface area contributed by atoms with Gasteiger partial charge in [0.15, 0.2) is 0 Å². The van der Waals surface area contributed by atoms with Crippen molar-refractivity contribution < 1.29 is 0 Å². The maximum Gasteiger partial charge on any atom is 0.230 e. The number of nitrogens with one attached hydrogen (secondary N) is 4. The van der Waals surface area contributed by atoms with Crippen molar-refractivity contribution in [3.05, 3.63) is 42.1 Å². The van der Waals surface area contributed by atoms with Crippen LogP contribution in [-0.4, -0.2) is 39.3 Å². The molecule has 1 saturated carbocycles. The lowest BCUT2D eigenvalue weighted by Gasteiger charge is -2.19. The molecule has 3 heterocycles. The number of aromatic amines is 1. The maximum atomic E-state index is 4.88. The molecule has 0 saturated heterocycles. The fourth-order valence-corrected chi connectivity index (χ4v) is 3.82. The molecule has 1 unspecified atom stereocenters. The van der Waals surface area contributed by atoms with Crippen molar-refractivity contribution in [2.45, 2.75) is 32.2 Å². The van der Waals surface area contributed by atoms with E-state index in [0.29, 0.717) is 12.0 Å². The van der Waals surface area contributed by atoms with E-state index in [0.717, 1.165) is 48.0 Å². The number of H-pyrrole nitrogens is 1. The minimum absolute atomic E-state index is 0.403. The second kappa shape index (κ2) is 7.24. The topological polar surface area (TPSA) is 90.5 Å². The SMILES string of the molecule is CC(Nc1nc(Nc2ccn[nH]2)nc2c(C3=CCNCC3)cccc12)C1CC1. The Morgan fingerprint density at radius 1 is 1.18 bits per heavy atom. The van der Waals surface area contributed by atoms with Crippen LogP contribution in [0.3, 0.4) is 0 Å². The molecule has 0 radical (unpaired) electrons. The molecule has 2 aliphatic rings. The zero-order valence-corrected chi connectivity index (χ0v) is 16.0. The van der Waals surface area contributed by atoms with Crippen molar-refractivity contribution in [1.82, 2.24) is 25.5 Å². The first kappa shape index (κ1) is 17.2.